The summed E-state index contributed by atoms with van der Waals surface area (Å²) >= 11 is 0. The number of aromatic nitrogens is 7. The summed E-state index contributed by atoms with van der Waals surface area (Å²) in [7, 11) is 0. The van der Waals surface area contributed by atoms with Crippen molar-refractivity contribution in [3.63, 3.8) is 0 Å². The van der Waals surface area contributed by atoms with Crippen molar-refractivity contribution in [3.8, 4) is 11.3 Å². The molecule has 0 saturated carbocycles. The van der Waals surface area contributed by atoms with Crippen LogP contribution >= 0.6 is 0 Å². The molecule has 11 heteroatoms. The van der Waals surface area contributed by atoms with Crippen LogP contribution in [-0.4, -0.2) is 46.1 Å². The minimum absolute atomic E-state index is 0.0196. The lowest BCUT2D eigenvalue weighted by Gasteiger charge is -2.11. The molecule has 0 spiro atoms. The Bertz CT molecular complexity index is 1060. The van der Waals surface area contributed by atoms with E-state index in [1.54, 1.807) is 27.8 Å². The van der Waals surface area contributed by atoms with E-state index in [2.05, 4.69) is 35.9 Å². The number of nitrogens with two attached hydrogens (primary N) is 1. The largest absolute Gasteiger partial charge is 0.394 e. The molecule has 0 aliphatic carbocycles. The van der Waals surface area contributed by atoms with Crippen LogP contribution in [0.2, 0.25) is 0 Å². The number of hydrazine groups is 1. The number of anilines is 2. The number of hydrogen-bond acceptors (Lipinski definition) is 9. The standard InChI is InChI=1S/C16H18N10O/c17-24-16-15(18-5-11-1-2-14-20-10-22-26(14)8-11)23-13(7-19-16)12-6-21-25(9-12)3-4-27/h1-2,6-10,27H,3-5,17H2,(H,18,23)(H,19,24). The Hall–Kier alpha value is -3.57. The number of aliphatic hydroxyl groups is 1. The molecule has 4 rings (SSSR count). The predicted octanol–water partition coefficient (Wildman–Crippen LogP) is 0.273. The molecule has 0 aliphatic rings. The molecule has 27 heavy (non-hydrogen) atoms. The van der Waals surface area contributed by atoms with Gasteiger partial charge in [0, 0.05) is 24.5 Å². The number of fused-ring (bicyclic) bond motifs is 1. The smallest absolute Gasteiger partial charge is 0.183 e. The minimum atomic E-state index is 0.0196. The second kappa shape index (κ2) is 7.35. The summed E-state index contributed by atoms with van der Waals surface area (Å²) < 4.78 is 3.35. The maximum atomic E-state index is 9.01. The van der Waals surface area contributed by atoms with Crippen molar-refractivity contribution >= 4 is 17.3 Å². The summed E-state index contributed by atoms with van der Waals surface area (Å²) in [5, 5.41) is 20.6. The first-order valence-electron chi connectivity index (χ1n) is 8.26. The molecule has 5 N–H and O–H groups in total. The van der Waals surface area contributed by atoms with Crippen LogP contribution < -0.4 is 16.6 Å². The quantitative estimate of drug-likeness (QED) is 0.267. The molecule has 0 saturated heterocycles. The zero-order chi connectivity index (χ0) is 18.6. The molecule has 0 aliphatic heterocycles. The van der Waals surface area contributed by atoms with Crippen LogP contribution in [-0.2, 0) is 13.1 Å². The Morgan fingerprint density at radius 1 is 1.07 bits per heavy atom. The first-order valence-corrected chi connectivity index (χ1v) is 8.26. The molecule has 0 unspecified atom stereocenters. The average Bonchev–Trinajstić information content (AvgIpc) is 3.35. The Labute approximate surface area is 153 Å². The lowest BCUT2D eigenvalue weighted by molar-refractivity contribution is 0.269. The van der Waals surface area contributed by atoms with Gasteiger partial charge in [-0.15, -0.1) is 0 Å². The van der Waals surface area contributed by atoms with Crippen molar-refractivity contribution in [2.24, 2.45) is 5.84 Å². The van der Waals surface area contributed by atoms with Gasteiger partial charge in [-0.1, -0.05) is 6.07 Å². The highest BCUT2D eigenvalue weighted by atomic mass is 16.3. The van der Waals surface area contributed by atoms with Crippen LogP contribution in [0.15, 0.2) is 43.2 Å². The van der Waals surface area contributed by atoms with Crippen LogP contribution in [0.5, 0.6) is 0 Å². The van der Waals surface area contributed by atoms with Gasteiger partial charge in [0.05, 0.1) is 31.2 Å². The molecule has 4 aromatic rings. The fourth-order valence-electron chi connectivity index (χ4n) is 2.63. The van der Waals surface area contributed by atoms with E-state index in [4.69, 9.17) is 10.9 Å². The lowest BCUT2D eigenvalue weighted by Crippen LogP contribution is -2.13. The van der Waals surface area contributed by atoms with Gasteiger partial charge in [0.25, 0.3) is 0 Å². The van der Waals surface area contributed by atoms with Crippen molar-refractivity contribution in [1.82, 2.24) is 34.3 Å². The zero-order valence-corrected chi connectivity index (χ0v) is 14.3. The fourth-order valence-corrected chi connectivity index (χ4v) is 2.63. The third-order valence-electron chi connectivity index (χ3n) is 3.96. The van der Waals surface area contributed by atoms with E-state index in [1.807, 2.05) is 18.3 Å². The second-order valence-electron chi connectivity index (χ2n) is 5.77. The van der Waals surface area contributed by atoms with Crippen molar-refractivity contribution in [3.05, 3.63) is 48.8 Å². The molecule has 4 aromatic heterocycles. The topological polar surface area (TPSA) is 144 Å². The van der Waals surface area contributed by atoms with E-state index in [0.717, 1.165) is 16.8 Å². The Morgan fingerprint density at radius 3 is 2.85 bits per heavy atom. The summed E-state index contributed by atoms with van der Waals surface area (Å²) in [4.78, 5) is 13.0. The number of aliphatic hydroxyl groups excluding tert-OH is 1. The van der Waals surface area contributed by atoms with Crippen LogP contribution in [0.25, 0.3) is 16.9 Å². The van der Waals surface area contributed by atoms with E-state index >= 15 is 0 Å². The molecule has 0 fully saturated rings. The van der Waals surface area contributed by atoms with Gasteiger partial charge in [-0.25, -0.2) is 25.3 Å². The van der Waals surface area contributed by atoms with Crippen LogP contribution in [0.1, 0.15) is 5.56 Å². The summed E-state index contributed by atoms with van der Waals surface area (Å²) in [6.45, 7) is 0.948. The second-order valence-corrected chi connectivity index (χ2v) is 5.77. The van der Waals surface area contributed by atoms with E-state index in [0.29, 0.717) is 30.4 Å². The molecular weight excluding hydrogens is 348 g/mol. The minimum Gasteiger partial charge on any atom is -0.394 e. The Kier molecular flexibility index (Phi) is 4.60. The van der Waals surface area contributed by atoms with Gasteiger partial charge in [-0.2, -0.15) is 10.2 Å². The summed E-state index contributed by atoms with van der Waals surface area (Å²) in [6, 6.07) is 3.85. The monoisotopic (exact) mass is 366 g/mol. The fraction of sp³-hybridized carbons (Fsp3) is 0.188. The summed E-state index contributed by atoms with van der Waals surface area (Å²) in [5.41, 5.74) is 5.77. The number of hydrogen-bond donors (Lipinski definition) is 4. The zero-order valence-electron chi connectivity index (χ0n) is 14.3. The summed E-state index contributed by atoms with van der Waals surface area (Å²) in [6.07, 6.45) is 8.49. The number of nitrogen functional groups attached to an aromatic ring is 1. The first-order chi connectivity index (χ1) is 13.3. The lowest BCUT2D eigenvalue weighted by atomic mass is 10.2. The van der Waals surface area contributed by atoms with Gasteiger partial charge in [0.15, 0.2) is 17.3 Å². The van der Waals surface area contributed by atoms with Gasteiger partial charge < -0.3 is 15.8 Å². The van der Waals surface area contributed by atoms with Gasteiger partial charge in [0.2, 0.25) is 0 Å². The van der Waals surface area contributed by atoms with Crippen LogP contribution in [0, 0.1) is 0 Å². The van der Waals surface area contributed by atoms with Gasteiger partial charge in [0.1, 0.15) is 6.33 Å². The molecule has 4 heterocycles. The summed E-state index contributed by atoms with van der Waals surface area (Å²) in [5.74, 6) is 6.50. The number of rotatable bonds is 7. The molecule has 138 valence electrons. The predicted molar refractivity (Wildman–Crippen MR) is 98.5 cm³/mol. The normalized spacial score (nSPS) is 11.0. The number of nitrogens with zero attached hydrogens (tertiary/aromatic N) is 7. The van der Waals surface area contributed by atoms with Gasteiger partial charge in [-0.3, -0.25) is 4.68 Å². The van der Waals surface area contributed by atoms with Crippen LogP contribution in [0.4, 0.5) is 11.6 Å². The molecule has 0 aromatic carbocycles. The molecule has 0 atom stereocenters. The molecule has 0 amide bonds. The Balaban J connectivity index is 1.56. The maximum absolute atomic E-state index is 9.01. The SMILES string of the molecule is NNc1ncc(-c2cnn(CCO)c2)nc1NCc1ccc2ncnn2c1. The highest BCUT2D eigenvalue weighted by Gasteiger charge is 2.10. The van der Waals surface area contributed by atoms with Crippen molar-refractivity contribution in [2.45, 2.75) is 13.1 Å². The van der Waals surface area contributed by atoms with E-state index in [-0.39, 0.29) is 6.61 Å². The van der Waals surface area contributed by atoms with E-state index in [1.165, 1.54) is 6.33 Å². The third kappa shape index (κ3) is 3.54. The van der Waals surface area contributed by atoms with Crippen molar-refractivity contribution < 1.29 is 5.11 Å². The van der Waals surface area contributed by atoms with Crippen molar-refractivity contribution in [1.29, 1.82) is 0 Å². The molecule has 0 bridgehead atoms. The number of nitrogens with one attached hydrogen (secondary N) is 2. The van der Waals surface area contributed by atoms with Crippen LogP contribution in [0.3, 0.4) is 0 Å². The highest BCUT2D eigenvalue weighted by Crippen LogP contribution is 2.22. The molecular formula is C16H18N10O. The Morgan fingerprint density at radius 2 is 2.00 bits per heavy atom. The van der Waals surface area contributed by atoms with E-state index in [9.17, 15) is 0 Å². The van der Waals surface area contributed by atoms with Gasteiger partial charge >= 0.3 is 0 Å². The maximum Gasteiger partial charge on any atom is 0.183 e. The van der Waals surface area contributed by atoms with Crippen molar-refractivity contribution in [2.75, 3.05) is 17.3 Å². The average molecular weight is 366 g/mol. The first kappa shape index (κ1) is 16.9. The molecule has 11 nitrogen and oxygen atoms in total. The number of pyridine rings is 1. The van der Waals surface area contributed by atoms with E-state index < -0.39 is 0 Å². The highest BCUT2D eigenvalue weighted by molar-refractivity contribution is 5.65. The third-order valence-corrected chi connectivity index (χ3v) is 3.96. The van der Waals surface area contributed by atoms with Gasteiger partial charge in [-0.05, 0) is 11.6 Å². The molecule has 0 radical (unpaired) electrons.